The number of hydrogen-bond acceptors (Lipinski definition) is 2. The van der Waals surface area contributed by atoms with Gasteiger partial charge in [-0.1, -0.05) is 0 Å². The predicted octanol–water partition coefficient (Wildman–Crippen LogP) is 0.274. The van der Waals surface area contributed by atoms with Gasteiger partial charge in [-0.15, -0.1) is 12.4 Å². The van der Waals surface area contributed by atoms with E-state index in [9.17, 15) is 0 Å². The zero-order valence-electron chi connectivity index (χ0n) is 5.30. The summed E-state index contributed by atoms with van der Waals surface area (Å²) < 4.78 is 5.06. The fourth-order valence-corrected chi connectivity index (χ4v) is 1.17. The summed E-state index contributed by atoms with van der Waals surface area (Å²) in [6.45, 7) is 4.50. The Morgan fingerprint density at radius 1 is 1.11 bits per heavy atom. The quantitative estimate of drug-likeness (QED) is 0.578. The minimum Gasteiger partial charge on any atom is -0.381 e. The van der Waals surface area contributed by atoms with Crippen LogP contribution in [0.25, 0.3) is 0 Å². The molecule has 54 valence electrons. The van der Waals surface area contributed by atoms with Crippen LogP contribution < -0.4 is 5.32 Å². The third-order valence-electron chi connectivity index (χ3n) is 2.14. The summed E-state index contributed by atoms with van der Waals surface area (Å²) in [4.78, 5) is 0. The van der Waals surface area contributed by atoms with Gasteiger partial charge in [-0.25, -0.2) is 0 Å². The predicted molar refractivity (Wildman–Crippen MR) is 37.9 cm³/mol. The molecule has 0 aromatic carbocycles. The standard InChI is InChI=1S/C6H11NO.ClH/c1-5(2-7-1)6-3-8-4-6;/h5-7H,1-4H2;1H. The highest BCUT2D eigenvalue weighted by atomic mass is 35.5. The maximum atomic E-state index is 5.06. The summed E-state index contributed by atoms with van der Waals surface area (Å²) in [6.07, 6.45) is 0. The minimum atomic E-state index is 0. The summed E-state index contributed by atoms with van der Waals surface area (Å²) in [5.74, 6) is 1.85. The number of hydrogen-bond donors (Lipinski definition) is 1. The average molecular weight is 150 g/mol. The highest BCUT2D eigenvalue weighted by Crippen LogP contribution is 2.23. The van der Waals surface area contributed by atoms with E-state index in [0.29, 0.717) is 0 Å². The van der Waals surface area contributed by atoms with Gasteiger partial charge in [-0.3, -0.25) is 0 Å². The smallest absolute Gasteiger partial charge is 0.0520 e. The molecule has 0 unspecified atom stereocenters. The van der Waals surface area contributed by atoms with Crippen LogP contribution in [0.5, 0.6) is 0 Å². The molecule has 2 aliphatic heterocycles. The summed E-state index contributed by atoms with van der Waals surface area (Å²) in [5, 5.41) is 3.25. The van der Waals surface area contributed by atoms with Crippen LogP contribution in [0.2, 0.25) is 0 Å². The van der Waals surface area contributed by atoms with Gasteiger partial charge in [0.15, 0.2) is 0 Å². The molecule has 0 aromatic rings. The van der Waals surface area contributed by atoms with Gasteiger partial charge in [-0.05, 0) is 19.0 Å². The van der Waals surface area contributed by atoms with Gasteiger partial charge in [-0.2, -0.15) is 0 Å². The number of ether oxygens (including phenoxy) is 1. The molecule has 1 N–H and O–H groups in total. The first-order chi connectivity index (χ1) is 3.97. The molecule has 3 heteroatoms. The van der Waals surface area contributed by atoms with Crippen molar-refractivity contribution < 1.29 is 4.74 Å². The van der Waals surface area contributed by atoms with Gasteiger partial charge in [0.2, 0.25) is 0 Å². The van der Waals surface area contributed by atoms with Crippen LogP contribution >= 0.6 is 12.4 Å². The lowest BCUT2D eigenvalue weighted by atomic mass is 9.86. The molecule has 0 spiro atoms. The maximum Gasteiger partial charge on any atom is 0.0520 e. The van der Waals surface area contributed by atoms with Crippen molar-refractivity contribution in [3.05, 3.63) is 0 Å². The summed E-state index contributed by atoms with van der Waals surface area (Å²) in [6, 6.07) is 0. The first-order valence-corrected chi connectivity index (χ1v) is 3.25. The Balaban J connectivity index is 0.000000405. The van der Waals surface area contributed by atoms with Gasteiger partial charge in [0.05, 0.1) is 13.2 Å². The van der Waals surface area contributed by atoms with Crippen LogP contribution in [0.1, 0.15) is 0 Å². The maximum absolute atomic E-state index is 5.06. The lowest BCUT2D eigenvalue weighted by Gasteiger charge is -2.39. The van der Waals surface area contributed by atoms with E-state index in [2.05, 4.69) is 5.32 Å². The Bertz CT molecular complexity index is 79.1. The first-order valence-electron chi connectivity index (χ1n) is 3.25. The van der Waals surface area contributed by atoms with E-state index in [0.717, 1.165) is 25.0 Å². The van der Waals surface area contributed by atoms with E-state index < -0.39 is 0 Å². The molecule has 0 aromatic heterocycles. The van der Waals surface area contributed by atoms with Crippen molar-refractivity contribution in [3.8, 4) is 0 Å². The fraction of sp³-hybridized carbons (Fsp3) is 1.00. The molecule has 0 bridgehead atoms. The third kappa shape index (κ3) is 1.20. The van der Waals surface area contributed by atoms with Crippen molar-refractivity contribution in [1.29, 1.82) is 0 Å². The highest BCUT2D eigenvalue weighted by molar-refractivity contribution is 5.85. The number of rotatable bonds is 1. The van der Waals surface area contributed by atoms with E-state index in [1.165, 1.54) is 13.1 Å². The molecule has 0 amide bonds. The summed E-state index contributed by atoms with van der Waals surface area (Å²) >= 11 is 0. The molecule has 2 fully saturated rings. The Hall–Kier alpha value is 0.210. The van der Waals surface area contributed by atoms with Crippen LogP contribution in [-0.4, -0.2) is 26.3 Å². The van der Waals surface area contributed by atoms with Gasteiger partial charge in [0, 0.05) is 5.92 Å². The molecule has 2 aliphatic rings. The van der Waals surface area contributed by atoms with Crippen molar-refractivity contribution in [3.63, 3.8) is 0 Å². The normalized spacial score (nSPS) is 28.0. The molecule has 2 nitrogen and oxygen atoms in total. The van der Waals surface area contributed by atoms with Crippen molar-refractivity contribution in [2.75, 3.05) is 26.3 Å². The Morgan fingerprint density at radius 2 is 1.78 bits per heavy atom. The van der Waals surface area contributed by atoms with E-state index in [1.54, 1.807) is 0 Å². The van der Waals surface area contributed by atoms with Gasteiger partial charge in [0.1, 0.15) is 0 Å². The molecule has 9 heavy (non-hydrogen) atoms. The van der Waals surface area contributed by atoms with Crippen LogP contribution in [0.4, 0.5) is 0 Å². The molecular formula is C6H12ClNO. The van der Waals surface area contributed by atoms with Crippen LogP contribution in [0.3, 0.4) is 0 Å². The molecule has 0 saturated carbocycles. The van der Waals surface area contributed by atoms with Gasteiger partial charge in [0.25, 0.3) is 0 Å². The number of halogens is 1. The number of nitrogens with one attached hydrogen (secondary N) is 1. The van der Waals surface area contributed by atoms with E-state index in [1.807, 2.05) is 0 Å². The highest BCUT2D eigenvalue weighted by Gasteiger charge is 2.31. The molecule has 2 heterocycles. The van der Waals surface area contributed by atoms with E-state index in [-0.39, 0.29) is 12.4 Å². The topological polar surface area (TPSA) is 21.3 Å². The zero-order chi connectivity index (χ0) is 5.40. The summed E-state index contributed by atoms with van der Waals surface area (Å²) in [5.41, 5.74) is 0. The molecule has 2 rings (SSSR count). The van der Waals surface area contributed by atoms with E-state index >= 15 is 0 Å². The molecule has 0 radical (unpaired) electrons. The van der Waals surface area contributed by atoms with Crippen molar-refractivity contribution in [1.82, 2.24) is 5.32 Å². The van der Waals surface area contributed by atoms with Crippen molar-refractivity contribution >= 4 is 12.4 Å². The zero-order valence-corrected chi connectivity index (χ0v) is 6.12. The van der Waals surface area contributed by atoms with Crippen LogP contribution in [-0.2, 0) is 4.74 Å². The molecule has 2 saturated heterocycles. The fourth-order valence-electron chi connectivity index (χ4n) is 1.17. The van der Waals surface area contributed by atoms with Crippen LogP contribution in [0.15, 0.2) is 0 Å². The lowest BCUT2D eigenvalue weighted by Crippen LogP contribution is -2.51. The van der Waals surface area contributed by atoms with E-state index in [4.69, 9.17) is 4.74 Å². The Kier molecular flexibility index (Phi) is 2.33. The Morgan fingerprint density at radius 3 is 1.89 bits per heavy atom. The second kappa shape index (κ2) is 2.86. The lowest BCUT2D eigenvalue weighted by molar-refractivity contribution is -0.0708. The van der Waals surface area contributed by atoms with Gasteiger partial charge < -0.3 is 10.1 Å². The monoisotopic (exact) mass is 149 g/mol. The Labute approximate surface area is 61.4 Å². The summed E-state index contributed by atoms with van der Waals surface area (Å²) in [7, 11) is 0. The minimum absolute atomic E-state index is 0. The molecule has 0 aliphatic carbocycles. The molecular weight excluding hydrogens is 138 g/mol. The van der Waals surface area contributed by atoms with Crippen molar-refractivity contribution in [2.24, 2.45) is 11.8 Å². The average Bonchev–Trinajstić information content (AvgIpc) is 1.47. The largest absolute Gasteiger partial charge is 0.381 e. The SMILES string of the molecule is C1NCC1C1COC1.Cl. The van der Waals surface area contributed by atoms with Gasteiger partial charge >= 0.3 is 0 Å². The molecule has 0 atom stereocenters. The van der Waals surface area contributed by atoms with Crippen LogP contribution in [0, 0.1) is 11.8 Å². The first kappa shape index (κ1) is 7.32. The second-order valence-electron chi connectivity index (χ2n) is 2.72. The van der Waals surface area contributed by atoms with Crippen molar-refractivity contribution in [2.45, 2.75) is 0 Å². The second-order valence-corrected chi connectivity index (χ2v) is 2.72. The third-order valence-corrected chi connectivity index (χ3v) is 2.14.